The summed E-state index contributed by atoms with van der Waals surface area (Å²) in [6, 6.07) is 8.81. The molecule has 0 aliphatic carbocycles. The van der Waals surface area contributed by atoms with E-state index in [9.17, 15) is 0 Å². The Morgan fingerprint density at radius 3 is 2.59 bits per heavy atom. The van der Waals surface area contributed by atoms with Gasteiger partial charge in [0.2, 0.25) is 5.28 Å². The van der Waals surface area contributed by atoms with E-state index in [0.717, 1.165) is 11.3 Å². The summed E-state index contributed by atoms with van der Waals surface area (Å²) >= 11 is 5.76. The van der Waals surface area contributed by atoms with E-state index < -0.39 is 0 Å². The number of hydrogen-bond acceptors (Lipinski definition) is 4. The minimum absolute atomic E-state index is 0.234. The number of halogens is 1. The molecule has 2 rings (SSSR count). The largest absolute Gasteiger partial charge is 0.508 e. The van der Waals surface area contributed by atoms with Crippen molar-refractivity contribution in [3.63, 3.8) is 0 Å². The van der Waals surface area contributed by atoms with Crippen LogP contribution in [0.5, 0.6) is 5.75 Å². The summed E-state index contributed by atoms with van der Waals surface area (Å²) in [5, 5.41) is 12.5. The second kappa shape index (κ2) is 5.01. The van der Waals surface area contributed by atoms with Crippen molar-refractivity contribution in [1.82, 2.24) is 9.97 Å². The van der Waals surface area contributed by atoms with Crippen molar-refractivity contribution in [2.45, 2.75) is 13.5 Å². The molecule has 0 aliphatic heterocycles. The molecule has 0 fully saturated rings. The average molecular weight is 250 g/mol. The number of anilines is 1. The van der Waals surface area contributed by atoms with Gasteiger partial charge in [-0.05, 0) is 36.2 Å². The van der Waals surface area contributed by atoms with Crippen molar-refractivity contribution in [1.29, 1.82) is 0 Å². The number of phenolic OH excluding ortho intramolecular Hbond substituents is 1. The molecule has 2 N–H and O–H groups in total. The van der Waals surface area contributed by atoms with E-state index >= 15 is 0 Å². The van der Waals surface area contributed by atoms with Gasteiger partial charge < -0.3 is 10.4 Å². The fourth-order valence-corrected chi connectivity index (χ4v) is 1.65. The molecule has 17 heavy (non-hydrogen) atoms. The van der Waals surface area contributed by atoms with Crippen LogP contribution in [0.3, 0.4) is 0 Å². The van der Waals surface area contributed by atoms with Crippen LogP contribution in [0.25, 0.3) is 0 Å². The number of hydrogen-bond donors (Lipinski definition) is 2. The molecule has 0 spiro atoms. The lowest BCUT2D eigenvalue weighted by atomic mass is 10.2. The SMILES string of the molecule is Cc1cc(NCc2ccc(O)cc2)nc(Cl)n1. The molecule has 5 heteroatoms. The highest BCUT2D eigenvalue weighted by atomic mass is 35.5. The van der Waals surface area contributed by atoms with Crippen molar-refractivity contribution in [2.24, 2.45) is 0 Å². The number of aromatic hydroxyl groups is 1. The molecule has 0 atom stereocenters. The van der Waals surface area contributed by atoms with Crippen LogP contribution in [-0.2, 0) is 6.54 Å². The smallest absolute Gasteiger partial charge is 0.224 e. The van der Waals surface area contributed by atoms with Crippen LogP contribution < -0.4 is 5.32 Å². The van der Waals surface area contributed by atoms with Gasteiger partial charge in [-0.15, -0.1) is 0 Å². The summed E-state index contributed by atoms with van der Waals surface area (Å²) in [5.74, 6) is 0.949. The van der Waals surface area contributed by atoms with Crippen molar-refractivity contribution < 1.29 is 5.11 Å². The lowest BCUT2D eigenvalue weighted by molar-refractivity contribution is 0.475. The summed E-state index contributed by atoms with van der Waals surface area (Å²) in [5.41, 5.74) is 1.87. The number of nitrogens with one attached hydrogen (secondary N) is 1. The van der Waals surface area contributed by atoms with Gasteiger partial charge in [0.25, 0.3) is 0 Å². The average Bonchev–Trinajstić information content (AvgIpc) is 2.27. The molecule has 0 unspecified atom stereocenters. The molecule has 0 aliphatic rings. The summed E-state index contributed by atoms with van der Waals surface area (Å²) < 4.78 is 0. The first kappa shape index (κ1) is 11.7. The van der Waals surface area contributed by atoms with Crippen LogP contribution >= 0.6 is 11.6 Å². The fraction of sp³-hybridized carbons (Fsp3) is 0.167. The van der Waals surface area contributed by atoms with Crippen LogP contribution in [0.15, 0.2) is 30.3 Å². The zero-order valence-electron chi connectivity index (χ0n) is 9.31. The summed E-state index contributed by atoms with van der Waals surface area (Å²) in [6.45, 7) is 2.48. The van der Waals surface area contributed by atoms with Crippen LogP contribution in [0, 0.1) is 6.92 Å². The van der Waals surface area contributed by atoms with E-state index in [4.69, 9.17) is 16.7 Å². The van der Waals surface area contributed by atoms with Gasteiger partial charge in [0.05, 0.1) is 0 Å². The fourth-order valence-electron chi connectivity index (χ4n) is 1.43. The molecule has 88 valence electrons. The highest BCUT2D eigenvalue weighted by molar-refractivity contribution is 6.28. The predicted molar refractivity (Wildman–Crippen MR) is 67.2 cm³/mol. The van der Waals surface area contributed by atoms with Gasteiger partial charge in [0.15, 0.2) is 0 Å². The second-order valence-corrected chi connectivity index (χ2v) is 4.02. The maximum atomic E-state index is 9.16. The second-order valence-electron chi connectivity index (χ2n) is 3.68. The molecule has 0 amide bonds. The number of benzene rings is 1. The predicted octanol–water partition coefficient (Wildman–Crippen LogP) is 2.76. The lowest BCUT2D eigenvalue weighted by Gasteiger charge is -2.06. The molecule has 0 saturated carbocycles. The van der Waals surface area contributed by atoms with Gasteiger partial charge in [-0.1, -0.05) is 12.1 Å². The van der Waals surface area contributed by atoms with Gasteiger partial charge in [-0.25, -0.2) is 9.97 Å². The number of nitrogens with zero attached hydrogens (tertiary/aromatic N) is 2. The summed E-state index contributed by atoms with van der Waals surface area (Å²) in [4.78, 5) is 8.04. The minimum Gasteiger partial charge on any atom is -0.508 e. The Balaban J connectivity index is 2.04. The quantitative estimate of drug-likeness (QED) is 0.822. The molecule has 2 aromatic rings. The first-order valence-corrected chi connectivity index (χ1v) is 5.54. The first-order valence-electron chi connectivity index (χ1n) is 5.16. The standard InChI is InChI=1S/C12H12ClN3O/c1-8-6-11(16-12(13)15-8)14-7-9-2-4-10(17)5-3-9/h2-6,17H,7H2,1H3,(H,14,15,16). The number of phenols is 1. The molecule has 4 nitrogen and oxygen atoms in total. The molecule has 1 heterocycles. The Morgan fingerprint density at radius 1 is 1.24 bits per heavy atom. The van der Waals surface area contributed by atoms with Gasteiger partial charge in [-0.3, -0.25) is 0 Å². The third-order valence-electron chi connectivity index (χ3n) is 2.24. The van der Waals surface area contributed by atoms with Gasteiger partial charge >= 0.3 is 0 Å². The molecule has 0 saturated heterocycles. The topological polar surface area (TPSA) is 58.0 Å². The highest BCUT2D eigenvalue weighted by Gasteiger charge is 2.00. The molecule has 0 radical (unpaired) electrons. The maximum absolute atomic E-state index is 9.16. The van der Waals surface area contributed by atoms with E-state index in [-0.39, 0.29) is 11.0 Å². The summed E-state index contributed by atoms with van der Waals surface area (Å²) in [6.07, 6.45) is 0. The number of aryl methyl sites for hydroxylation is 1. The first-order chi connectivity index (χ1) is 8.13. The van der Waals surface area contributed by atoms with Gasteiger partial charge in [0.1, 0.15) is 11.6 Å². The van der Waals surface area contributed by atoms with Gasteiger partial charge in [0, 0.05) is 18.3 Å². The van der Waals surface area contributed by atoms with E-state index in [1.54, 1.807) is 12.1 Å². The Morgan fingerprint density at radius 2 is 1.94 bits per heavy atom. The van der Waals surface area contributed by atoms with Crippen LogP contribution in [0.2, 0.25) is 5.28 Å². The van der Waals surface area contributed by atoms with Crippen molar-refractivity contribution >= 4 is 17.4 Å². The van der Waals surface area contributed by atoms with E-state index in [1.807, 2.05) is 25.1 Å². The van der Waals surface area contributed by atoms with Crippen molar-refractivity contribution in [2.75, 3.05) is 5.32 Å². The van der Waals surface area contributed by atoms with Crippen LogP contribution in [-0.4, -0.2) is 15.1 Å². The highest BCUT2D eigenvalue weighted by Crippen LogP contribution is 2.13. The molecular weight excluding hydrogens is 238 g/mol. The normalized spacial score (nSPS) is 10.2. The minimum atomic E-state index is 0.234. The van der Waals surface area contributed by atoms with Gasteiger partial charge in [-0.2, -0.15) is 0 Å². The Kier molecular flexibility index (Phi) is 3.44. The van der Waals surface area contributed by atoms with E-state index in [2.05, 4.69) is 15.3 Å². The number of aromatic nitrogens is 2. The van der Waals surface area contributed by atoms with Crippen LogP contribution in [0.1, 0.15) is 11.3 Å². The van der Waals surface area contributed by atoms with Crippen LogP contribution in [0.4, 0.5) is 5.82 Å². The molecule has 1 aromatic heterocycles. The van der Waals surface area contributed by atoms with E-state index in [1.165, 1.54) is 0 Å². The molecular formula is C12H12ClN3O. The Hall–Kier alpha value is -1.81. The molecule has 1 aromatic carbocycles. The lowest BCUT2D eigenvalue weighted by Crippen LogP contribution is -2.02. The monoisotopic (exact) mass is 249 g/mol. The zero-order chi connectivity index (χ0) is 12.3. The Labute approximate surface area is 104 Å². The van der Waals surface area contributed by atoms with Crippen molar-refractivity contribution in [3.05, 3.63) is 46.9 Å². The third-order valence-corrected chi connectivity index (χ3v) is 2.41. The summed E-state index contributed by atoms with van der Waals surface area (Å²) in [7, 11) is 0. The van der Waals surface area contributed by atoms with Crippen molar-refractivity contribution in [3.8, 4) is 5.75 Å². The number of rotatable bonds is 3. The zero-order valence-corrected chi connectivity index (χ0v) is 10.1. The molecule has 0 bridgehead atoms. The maximum Gasteiger partial charge on any atom is 0.224 e. The van der Waals surface area contributed by atoms with E-state index in [0.29, 0.717) is 12.4 Å². The Bertz CT molecular complexity index is 493. The third kappa shape index (κ3) is 3.32.